The van der Waals surface area contributed by atoms with Gasteiger partial charge in [0.25, 0.3) is 0 Å². The molecule has 0 fully saturated rings. The molecule has 6 heteroatoms. The average molecular weight is 324 g/mol. The average Bonchev–Trinajstić information content (AvgIpc) is 3.02. The number of aryl methyl sites for hydroxylation is 1. The van der Waals surface area contributed by atoms with Crippen LogP contribution in [0.1, 0.15) is 11.3 Å². The summed E-state index contributed by atoms with van der Waals surface area (Å²) in [7, 11) is 0. The Morgan fingerprint density at radius 1 is 1.33 bits per heavy atom. The monoisotopic (exact) mass is 323 g/mol. The summed E-state index contributed by atoms with van der Waals surface area (Å²) in [5.74, 6) is 0. The molecule has 0 amide bonds. The third kappa shape index (κ3) is 3.11. The number of hydrogen-bond acceptors (Lipinski definition) is 4. The van der Waals surface area contributed by atoms with Gasteiger partial charge in [-0.05, 0) is 6.92 Å². The number of benzene rings is 1. The number of halogens is 1. The Labute approximate surface area is 133 Å². The van der Waals surface area contributed by atoms with Crippen molar-refractivity contribution in [2.24, 2.45) is 5.73 Å². The molecule has 2 heterocycles. The van der Waals surface area contributed by atoms with Crippen molar-refractivity contribution >= 4 is 28.7 Å². The Morgan fingerprint density at radius 2 is 2.05 bits per heavy atom. The number of imidazole rings is 1. The maximum atomic E-state index is 9.20. The van der Waals surface area contributed by atoms with E-state index in [9.17, 15) is 5.11 Å². The zero-order valence-electron chi connectivity index (χ0n) is 11.7. The topological polar surface area (TPSA) is 63.5 Å². The van der Waals surface area contributed by atoms with Crippen LogP contribution in [0, 0.1) is 6.92 Å². The zero-order chi connectivity index (χ0) is 14.1. The molecule has 3 N–H and O–H groups in total. The first-order valence-electron chi connectivity index (χ1n) is 6.57. The summed E-state index contributed by atoms with van der Waals surface area (Å²) < 4.78 is 2.06. The van der Waals surface area contributed by atoms with Crippen LogP contribution in [-0.2, 0) is 6.42 Å². The van der Waals surface area contributed by atoms with E-state index in [-0.39, 0.29) is 25.1 Å². The fourth-order valence-electron chi connectivity index (χ4n) is 2.28. The number of aromatic nitrogens is 2. The Bertz CT molecular complexity index is 720. The van der Waals surface area contributed by atoms with E-state index in [4.69, 9.17) is 10.7 Å². The number of rotatable bonds is 4. The first kappa shape index (κ1) is 16.0. The van der Waals surface area contributed by atoms with Gasteiger partial charge in [0.05, 0.1) is 18.0 Å². The maximum absolute atomic E-state index is 9.20. The van der Waals surface area contributed by atoms with Gasteiger partial charge in [-0.2, -0.15) is 0 Å². The first-order valence-corrected chi connectivity index (χ1v) is 7.45. The predicted molar refractivity (Wildman–Crippen MR) is 89.3 cm³/mol. The molecule has 1 unspecified atom stereocenters. The molecule has 0 aliphatic carbocycles. The van der Waals surface area contributed by atoms with Crippen LogP contribution in [0.4, 0.5) is 0 Å². The number of nitrogens with two attached hydrogens (primary N) is 1. The van der Waals surface area contributed by atoms with Crippen molar-refractivity contribution in [1.29, 1.82) is 0 Å². The summed E-state index contributed by atoms with van der Waals surface area (Å²) >= 11 is 1.60. The lowest BCUT2D eigenvalue weighted by atomic mass is 10.0. The van der Waals surface area contributed by atoms with Crippen LogP contribution < -0.4 is 5.73 Å². The van der Waals surface area contributed by atoms with E-state index in [2.05, 4.69) is 35.6 Å². The lowest BCUT2D eigenvalue weighted by molar-refractivity contribution is 0.264. The molecular formula is C15H18ClN3OS. The van der Waals surface area contributed by atoms with E-state index in [1.807, 2.05) is 11.6 Å². The third-order valence-corrected chi connectivity index (χ3v) is 4.13. The standard InChI is InChI=1S/C15H17N3OS.ClH/c1-10-2-4-11(5-3-10)14-13(8-12(16)9-19)18-6-7-20-15(18)17-14;/h2-7,12,19H,8-9,16H2,1H3;1H. The van der Waals surface area contributed by atoms with Crippen molar-refractivity contribution in [2.75, 3.05) is 6.61 Å². The van der Waals surface area contributed by atoms with Crippen molar-refractivity contribution in [3.05, 3.63) is 47.1 Å². The molecule has 21 heavy (non-hydrogen) atoms. The van der Waals surface area contributed by atoms with Gasteiger partial charge in [-0.3, -0.25) is 4.40 Å². The maximum Gasteiger partial charge on any atom is 0.194 e. The minimum absolute atomic E-state index is 0. The molecule has 0 aliphatic heterocycles. The molecule has 0 bridgehead atoms. The second-order valence-corrected chi connectivity index (χ2v) is 5.85. The van der Waals surface area contributed by atoms with Gasteiger partial charge < -0.3 is 10.8 Å². The predicted octanol–water partition coefficient (Wildman–Crippen LogP) is 2.66. The second-order valence-electron chi connectivity index (χ2n) is 4.98. The number of hydrogen-bond donors (Lipinski definition) is 2. The molecule has 0 saturated carbocycles. The van der Waals surface area contributed by atoms with E-state index in [0.29, 0.717) is 6.42 Å². The van der Waals surface area contributed by atoms with Crippen LogP contribution in [0.5, 0.6) is 0 Å². The molecule has 4 nitrogen and oxygen atoms in total. The van der Waals surface area contributed by atoms with E-state index in [1.165, 1.54) is 5.56 Å². The van der Waals surface area contributed by atoms with Gasteiger partial charge >= 0.3 is 0 Å². The smallest absolute Gasteiger partial charge is 0.194 e. The summed E-state index contributed by atoms with van der Waals surface area (Å²) in [5, 5.41) is 11.2. The number of fused-ring (bicyclic) bond motifs is 1. The van der Waals surface area contributed by atoms with Crippen molar-refractivity contribution in [3.8, 4) is 11.3 Å². The molecule has 3 aromatic rings. The SMILES string of the molecule is Cc1ccc(-c2nc3sccn3c2CC(N)CO)cc1.Cl. The Morgan fingerprint density at radius 3 is 2.71 bits per heavy atom. The molecule has 0 saturated heterocycles. The molecule has 0 aliphatic rings. The Hall–Kier alpha value is -1.40. The van der Waals surface area contributed by atoms with Gasteiger partial charge in [0.15, 0.2) is 4.96 Å². The highest BCUT2D eigenvalue weighted by Gasteiger charge is 2.17. The second kappa shape index (κ2) is 6.58. The number of aliphatic hydroxyl groups is 1. The van der Waals surface area contributed by atoms with E-state index in [1.54, 1.807) is 11.3 Å². The van der Waals surface area contributed by atoms with Crippen LogP contribution >= 0.6 is 23.7 Å². The van der Waals surface area contributed by atoms with E-state index in [0.717, 1.165) is 21.9 Å². The molecule has 2 aromatic heterocycles. The highest BCUT2D eigenvalue weighted by Crippen LogP contribution is 2.27. The summed E-state index contributed by atoms with van der Waals surface area (Å²) in [6.45, 7) is 2.04. The zero-order valence-corrected chi connectivity index (χ0v) is 13.3. The van der Waals surface area contributed by atoms with Crippen LogP contribution in [0.25, 0.3) is 16.2 Å². The third-order valence-electron chi connectivity index (χ3n) is 3.38. The normalized spacial score (nSPS) is 12.3. The van der Waals surface area contributed by atoms with Crippen molar-refractivity contribution in [1.82, 2.24) is 9.38 Å². The van der Waals surface area contributed by atoms with Crippen LogP contribution in [0.2, 0.25) is 0 Å². The molecule has 1 aromatic carbocycles. The van der Waals surface area contributed by atoms with Gasteiger partial charge in [-0.1, -0.05) is 29.8 Å². The van der Waals surface area contributed by atoms with Crippen LogP contribution in [0.3, 0.4) is 0 Å². The van der Waals surface area contributed by atoms with Gasteiger partial charge in [0.2, 0.25) is 0 Å². The van der Waals surface area contributed by atoms with Gasteiger partial charge in [0, 0.05) is 29.6 Å². The lowest BCUT2D eigenvalue weighted by Crippen LogP contribution is -2.27. The fraction of sp³-hybridized carbons (Fsp3) is 0.267. The molecule has 3 rings (SSSR count). The number of thiazole rings is 1. The van der Waals surface area contributed by atoms with E-state index < -0.39 is 0 Å². The fourth-order valence-corrected chi connectivity index (χ4v) is 3.02. The number of nitrogens with zero attached hydrogens (tertiary/aromatic N) is 2. The molecule has 0 spiro atoms. The quantitative estimate of drug-likeness (QED) is 0.776. The van der Waals surface area contributed by atoms with E-state index >= 15 is 0 Å². The lowest BCUT2D eigenvalue weighted by Gasteiger charge is -2.09. The summed E-state index contributed by atoms with van der Waals surface area (Å²) in [4.78, 5) is 5.66. The minimum atomic E-state index is -0.265. The van der Waals surface area contributed by atoms with Crippen LogP contribution in [0.15, 0.2) is 35.8 Å². The van der Waals surface area contributed by atoms with Gasteiger partial charge in [0.1, 0.15) is 0 Å². The van der Waals surface area contributed by atoms with Crippen LogP contribution in [-0.4, -0.2) is 27.1 Å². The van der Waals surface area contributed by atoms with Crippen molar-refractivity contribution in [3.63, 3.8) is 0 Å². The highest BCUT2D eigenvalue weighted by atomic mass is 35.5. The van der Waals surface area contributed by atoms with Crippen molar-refractivity contribution in [2.45, 2.75) is 19.4 Å². The summed E-state index contributed by atoms with van der Waals surface area (Å²) in [6.07, 6.45) is 2.61. The first-order chi connectivity index (χ1) is 9.69. The number of aliphatic hydroxyl groups excluding tert-OH is 1. The largest absolute Gasteiger partial charge is 0.395 e. The Balaban J connectivity index is 0.00000161. The summed E-state index contributed by atoms with van der Waals surface area (Å²) in [5.41, 5.74) is 10.2. The molecular weight excluding hydrogens is 306 g/mol. The summed E-state index contributed by atoms with van der Waals surface area (Å²) in [6, 6.07) is 8.06. The molecule has 0 radical (unpaired) electrons. The molecule has 112 valence electrons. The molecule has 1 atom stereocenters. The highest BCUT2D eigenvalue weighted by molar-refractivity contribution is 7.15. The van der Waals surface area contributed by atoms with Gasteiger partial charge in [-0.15, -0.1) is 23.7 Å². The van der Waals surface area contributed by atoms with Crippen molar-refractivity contribution < 1.29 is 5.11 Å². The van der Waals surface area contributed by atoms with Gasteiger partial charge in [-0.25, -0.2) is 4.98 Å². The minimum Gasteiger partial charge on any atom is -0.395 e. The Kier molecular flexibility index (Phi) is 5.00.